The third-order valence-electron chi connectivity index (χ3n) is 3.77. The number of carbonyl (C=O) groups is 1. The second-order valence-corrected chi connectivity index (χ2v) is 7.92. The monoisotopic (exact) mass is 389 g/mol. The Balaban J connectivity index is 1.77. The summed E-state index contributed by atoms with van der Waals surface area (Å²) in [5.41, 5.74) is 0.698. The van der Waals surface area contributed by atoms with Crippen LogP contribution in [-0.4, -0.2) is 47.5 Å². The van der Waals surface area contributed by atoms with Gasteiger partial charge in [0.2, 0.25) is 10.0 Å². The van der Waals surface area contributed by atoms with E-state index in [9.17, 15) is 17.6 Å². The molecule has 0 atom stereocenters. The molecular weight excluding hydrogens is 373 g/mol. The molecule has 0 fully saturated rings. The maximum absolute atomic E-state index is 14.2. The summed E-state index contributed by atoms with van der Waals surface area (Å²) in [7, 11) is -0.723. The molecule has 10 heteroatoms. The molecule has 0 saturated carbocycles. The lowest BCUT2D eigenvalue weighted by molar-refractivity contribution is 0.102. The maximum atomic E-state index is 14.2. The van der Waals surface area contributed by atoms with E-state index in [4.69, 9.17) is 0 Å². The van der Waals surface area contributed by atoms with Crippen LogP contribution in [0.4, 0.5) is 10.1 Å². The van der Waals surface area contributed by atoms with E-state index in [-0.39, 0.29) is 21.8 Å². The molecule has 1 N–H and O–H groups in total. The number of nitrogens with zero attached hydrogens (tertiary/aromatic N) is 4. The first kappa shape index (κ1) is 18.7. The summed E-state index contributed by atoms with van der Waals surface area (Å²) in [6.45, 7) is 0. The predicted molar refractivity (Wildman–Crippen MR) is 96.6 cm³/mol. The van der Waals surface area contributed by atoms with Gasteiger partial charge < -0.3 is 5.32 Å². The quantitative estimate of drug-likeness (QED) is 0.719. The smallest absolute Gasteiger partial charge is 0.255 e. The van der Waals surface area contributed by atoms with Crippen LogP contribution in [0.2, 0.25) is 0 Å². The number of sulfonamides is 1. The van der Waals surface area contributed by atoms with E-state index in [1.165, 1.54) is 73.9 Å². The summed E-state index contributed by atoms with van der Waals surface area (Å²) in [5, 5.41) is 6.42. The number of aromatic nitrogens is 3. The van der Waals surface area contributed by atoms with E-state index in [1.807, 2.05) is 0 Å². The van der Waals surface area contributed by atoms with Crippen LogP contribution in [0.1, 0.15) is 10.4 Å². The number of anilines is 1. The van der Waals surface area contributed by atoms with Crippen molar-refractivity contribution < 1.29 is 17.6 Å². The van der Waals surface area contributed by atoms with Gasteiger partial charge in [-0.2, -0.15) is 5.10 Å². The number of carbonyl (C=O) groups excluding carboxylic acids is 1. The molecule has 0 aliphatic carbocycles. The van der Waals surface area contributed by atoms with Crippen molar-refractivity contribution in [2.75, 3.05) is 19.4 Å². The highest BCUT2D eigenvalue weighted by Gasteiger charge is 2.17. The minimum atomic E-state index is -3.57. The molecule has 27 heavy (non-hydrogen) atoms. The Morgan fingerprint density at radius 2 is 1.85 bits per heavy atom. The van der Waals surface area contributed by atoms with Crippen molar-refractivity contribution >= 4 is 21.6 Å². The van der Waals surface area contributed by atoms with Gasteiger partial charge in [-0.15, -0.1) is 0 Å². The first-order valence-corrected chi connectivity index (χ1v) is 9.21. The molecule has 3 rings (SSSR count). The van der Waals surface area contributed by atoms with Gasteiger partial charge >= 0.3 is 0 Å². The molecule has 0 radical (unpaired) electrons. The zero-order valence-corrected chi connectivity index (χ0v) is 15.3. The lowest BCUT2D eigenvalue weighted by atomic mass is 10.2. The first-order chi connectivity index (χ1) is 12.8. The predicted octanol–water partition coefficient (Wildman–Crippen LogP) is 1.91. The highest BCUT2D eigenvalue weighted by Crippen LogP contribution is 2.19. The van der Waals surface area contributed by atoms with Gasteiger partial charge in [0.15, 0.2) is 5.82 Å². The third-order valence-corrected chi connectivity index (χ3v) is 5.60. The van der Waals surface area contributed by atoms with Gasteiger partial charge in [-0.05, 0) is 42.5 Å². The van der Waals surface area contributed by atoms with E-state index in [0.29, 0.717) is 0 Å². The highest BCUT2D eigenvalue weighted by molar-refractivity contribution is 7.89. The number of amides is 1. The molecular formula is C17H16FN5O3S. The van der Waals surface area contributed by atoms with Crippen LogP contribution in [-0.2, 0) is 10.0 Å². The van der Waals surface area contributed by atoms with Crippen molar-refractivity contribution in [3.63, 3.8) is 0 Å². The van der Waals surface area contributed by atoms with Crippen LogP contribution in [0.25, 0.3) is 5.69 Å². The SMILES string of the molecule is CN(C)S(=O)(=O)c1ccc(C(=O)Nc2ccc(-n3cncn3)c(F)c2)cc1. The summed E-state index contributed by atoms with van der Waals surface area (Å²) in [4.78, 5) is 16.1. The summed E-state index contributed by atoms with van der Waals surface area (Å²) in [6, 6.07) is 9.64. The molecule has 0 saturated heterocycles. The van der Waals surface area contributed by atoms with E-state index >= 15 is 0 Å². The molecule has 1 aromatic heterocycles. The highest BCUT2D eigenvalue weighted by atomic mass is 32.2. The zero-order valence-electron chi connectivity index (χ0n) is 14.5. The second kappa shape index (κ2) is 7.25. The zero-order chi connectivity index (χ0) is 19.6. The lowest BCUT2D eigenvalue weighted by Crippen LogP contribution is -2.22. The summed E-state index contributed by atoms with van der Waals surface area (Å²) < 4.78 is 40.7. The summed E-state index contributed by atoms with van der Waals surface area (Å²) in [6.07, 6.45) is 2.65. The Bertz CT molecular complexity index is 1060. The molecule has 1 amide bonds. The molecule has 2 aromatic carbocycles. The molecule has 0 aliphatic heterocycles. The average molecular weight is 389 g/mol. The van der Waals surface area contributed by atoms with Gasteiger partial charge in [-0.25, -0.2) is 26.8 Å². The van der Waals surface area contributed by atoms with Crippen molar-refractivity contribution in [2.45, 2.75) is 4.90 Å². The molecule has 140 valence electrons. The average Bonchev–Trinajstić information content (AvgIpc) is 3.16. The molecule has 0 bridgehead atoms. The summed E-state index contributed by atoms with van der Waals surface area (Å²) >= 11 is 0. The third kappa shape index (κ3) is 3.86. The Kier molecular flexibility index (Phi) is 5.02. The lowest BCUT2D eigenvalue weighted by Gasteiger charge is -2.12. The van der Waals surface area contributed by atoms with Crippen LogP contribution in [0.15, 0.2) is 60.0 Å². The van der Waals surface area contributed by atoms with E-state index in [0.717, 1.165) is 4.31 Å². The largest absolute Gasteiger partial charge is 0.322 e. The number of rotatable bonds is 5. The fourth-order valence-corrected chi connectivity index (χ4v) is 3.20. The van der Waals surface area contributed by atoms with Gasteiger partial charge in [-0.3, -0.25) is 4.79 Å². The van der Waals surface area contributed by atoms with Crippen LogP contribution >= 0.6 is 0 Å². The van der Waals surface area contributed by atoms with Gasteiger partial charge in [0.05, 0.1) is 4.90 Å². The van der Waals surface area contributed by atoms with Crippen molar-refractivity contribution in [1.29, 1.82) is 0 Å². The van der Waals surface area contributed by atoms with Crippen molar-refractivity contribution in [1.82, 2.24) is 19.1 Å². The van der Waals surface area contributed by atoms with Crippen molar-refractivity contribution in [2.24, 2.45) is 0 Å². The molecule has 0 aliphatic rings. The maximum Gasteiger partial charge on any atom is 0.255 e. The Hall–Kier alpha value is -3.11. The van der Waals surface area contributed by atoms with E-state index in [1.54, 1.807) is 0 Å². The van der Waals surface area contributed by atoms with E-state index in [2.05, 4.69) is 15.4 Å². The summed E-state index contributed by atoms with van der Waals surface area (Å²) in [5.74, 6) is -1.07. The molecule has 3 aromatic rings. The minimum absolute atomic E-state index is 0.0762. The number of hydrogen-bond acceptors (Lipinski definition) is 5. The Morgan fingerprint density at radius 1 is 1.15 bits per heavy atom. The topological polar surface area (TPSA) is 97.2 Å². The van der Waals surface area contributed by atoms with E-state index < -0.39 is 21.7 Å². The van der Waals surface area contributed by atoms with Gasteiger partial charge in [0.1, 0.15) is 18.3 Å². The van der Waals surface area contributed by atoms with Crippen LogP contribution in [0, 0.1) is 5.82 Å². The Labute approximate surface area is 155 Å². The number of nitrogens with one attached hydrogen (secondary N) is 1. The standard InChI is InChI=1S/C17H16FN5O3S/c1-22(2)27(25,26)14-6-3-12(4-7-14)17(24)21-13-5-8-16(15(18)9-13)23-11-19-10-20-23/h3-11H,1-2H3,(H,21,24). The molecule has 8 nitrogen and oxygen atoms in total. The minimum Gasteiger partial charge on any atom is -0.322 e. The molecule has 0 spiro atoms. The fourth-order valence-electron chi connectivity index (χ4n) is 2.30. The first-order valence-electron chi connectivity index (χ1n) is 7.77. The number of halogens is 1. The normalized spacial score (nSPS) is 11.6. The van der Waals surface area contributed by atoms with Gasteiger partial charge in [0, 0.05) is 25.3 Å². The van der Waals surface area contributed by atoms with Crippen LogP contribution in [0.5, 0.6) is 0 Å². The van der Waals surface area contributed by atoms with Crippen molar-refractivity contribution in [3.8, 4) is 5.69 Å². The second-order valence-electron chi connectivity index (χ2n) is 5.77. The number of hydrogen-bond donors (Lipinski definition) is 1. The van der Waals surface area contributed by atoms with Crippen LogP contribution in [0.3, 0.4) is 0 Å². The van der Waals surface area contributed by atoms with Gasteiger partial charge in [-0.1, -0.05) is 0 Å². The van der Waals surface area contributed by atoms with Gasteiger partial charge in [0.25, 0.3) is 5.91 Å². The van der Waals surface area contributed by atoms with Crippen molar-refractivity contribution in [3.05, 3.63) is 66.5 Å². The van der Waals surface area contributed by atoms with Crippen LogP contribution < -0.4 is 5.32 Å². The molecule has 0 unspecified atom stereocenters. The molecule has 1 heterocycles. The fraction of sp³-hybridized carbons (Fsp3) is 0.118. The Morgan fingerprint density at radius 3 is 2.41 bits per heavy atom. The number of benzene rings is 2.